The molecule has 2 rings (SSSR count). The first-order chi connectivity index (χ1) is 8.74. The number of hydrogen-bond donors (Lipinski definition) is 0. The molecule has 1 amide bonds. The molecule has 0 N–H and O–H groups in total. The molecule has 98 valence electrons. The van der Waals surface area contributed by atoms with Crippen LogP contribution in [-0.2, 0) is 16.1 Å². The summed E-state index contributed by atoms with van der Waals surface area (Å²) >= 11 is 0. The highest BCUT2D eigenvalue weighted by atomic mass is 16.7. The summed E-state index contributed by atoms with van der Waals surface area (Å²) < 4.78 is 15.4. The maximum absolute atomic E-state index is 11.8. The van der Waals surface area contributed by atoms with Crippen molar-refractivity contribution < 1.29 is 19.0 Å². The average Bonchev–Trinajstić information content (AvgIpc) is 2.83. The SMILES string of the molecule is CCN(Cc1ccc2c(c1)OCO2)C(=O)COC. The van der Waals surface area contributed by atoms with E-state index in [2.05, 4.69) is 0 Å². The molecule has 5 heteroatoms. The molecule has 0 aliphatic carbocycles. The fourth-order valence-corrected chi connectivity index (χ4v) is 1.85. The molecular formula is C13H17NO4. The summed E-state index contributed by atoms with van der Waals surface area (Å²) in [5.74, 6) is 1.48. The lowest BCUT2D eigenvalue weighted by Crippen LogP contribution is -2.33. The van der Waals surface area contributed by atoms with Crippen LogP contribution in [0.25, 0.3) is 0 Å². The number of carbonyl (C=O) groups excluding carboxylic acids is 1. The van der Waals surface area contributed by atoms with Crippen molar-refractivity contribution in [3.8, 4) is 11.5 Å². The topological polar surface area (TPSA) is 48.0 Å². The number of likely N-dealkylation sites (N-methyl/N-ethyl adjacent to an activating group) is 1. The third-order valence-corrected chi connectivity index (χ3v) is 2.81. The van der Waals surface area contributed by atoms with Gasteiger partial charge in [0, 0.05) is 20.2 Å². The molecule has 0 unspecified atom stereocenters. The van der Waals surface area contributed by atoms with Crippen molar-refractivity contribution in [2.45, 2.75) is 13.5 Å². The molecule has 0 fully saturated rings. The minimum absolute atomic E-state index is 0.0160. The number of hydrogen-bond acceptors (Lipinski definition) is 4. The van der Waals surface area contributed by atoms with Crippen LogP contribution >= 0.6 is 0 Å². The molecular weight excluding hydrogens is 234 g/mol. The molecule has 0 atom stereocenters. The lowest BCUT2D eigenvalue weighted by atomic mass is 10.2. The molecule has 1 aliphatic heterocycles. The Morgan fingerprint density at radius 3 is 2.89 bits per heavy atom. The van der Waals surface area contributed by atoms with Gasteiger partial charge >= 0.3 is 0 Å². The molecule has 18 heavy (non-hydrogen) atoms. The number of methoxy groups -OCH3 is 1. The van der Waals surface area contributed by atoms with Crippen molar-refractivity contribution in [1.29, 1.82) is 0 Å². The van der Waals surface area contributed by atoms with Gasteiger partial charge in [-0.25, -0.2) is 0 Å². The fourth-order valence-electron chi connectivity index (χ4n) is 1.85. The summed E-state index contributed by atoms with van der Waals surface area (Å²) in [7, 11) is 1.52. The van der Waals surface area contributed by atoms with Crippen molar-refractivity contribution in [2.24, 2.45) is 0 Å². The average molecular weight is 251 g/mol. The summed E-state index contributed by atoms with van der Waals surface area (Å²) in [5, 5.41) is 0. The van der Waals surface area contributed by atoms with Crippen LogP contribution in [0.5, 0.6) is 11.5 Å². The monoisotopic (exact) mass is 251 g/mol. The normalized spacial score (nSPS) is 12.6. The molecule has 0 bridgehead atoms. The first-order valence-electron chi connectivity index (χ1n) is 5.89. The van der Waals surface area contributed by atoms with Gasteiger partial charge in [-0.1, -0.05) is 6.07 Å². The quantitative estimate of drug-likeness (QED) is 0.794. The van der Waals surface area contributed by atoms with E-state index >= 15 is 0 Å². The van der Waals surface area contributed by atoms with Gasteiger partial charge in [0.05, 0.1) is 0 Å². The lowest BCUT2D eigenvalue weighted by molar-refractivity contribution is -0.135. The summed E-state index contributed by atoms with van der Waals surface area (Å²) in [4.78, 5) is 13.5. The Hall–Kier alpha value is -1.75. The van der Waals surface area contributed by atoms with Gasteiger partial charge in [0.2, 0.25) is 12.7 Å². The van der Waals surface area contributed by atoms with E-state index in [9.17, 15) is 4.79 Å². The van der Waals surface area contributed by atoms with Crippen LogP contribution in [0.2, 0.25) is 0 Å². The van der Waals surface area contributed by atoms with Crippen LogP contribution in [0.15, 0.2) is 18.2 Å². The Morgan fingerprint density at radius 2 is 2.17 bits per heavy atom. The number of carbonyl (C=O) groups is 1. The Kier molecular flexibility index (Phi) is 4.04. The van der Waals surface area contributed by atoms with Gasteiger partial charge in [0.1, 0.15) is 6.61 Å². The number of nitrogens with zero attached hydrogens (tertiary/aromatic N) is 1. The molecule has 1 aromatic rings. The molecule has 5 nitrogen and oxygen atoms in total. The molecule has 0 saturated heterocycles. The third-order valence-electron chi connectivity index (χ3n) is 2.81. The molecule has 0 saturated carbocycles. The maximum atomic E-state index is 11.8. The predicted octanol–water partition coefficient (Wildman–Crippen LogP) is 1.41. The number of benzene rings is 1. The molecule has 0 aromatic heterocycles. The van der Waals surface area contributed by atoms with Crippen molar-refractivity contribution in [2.75, 3.05) is 27.1 Å². The highest BCUT2D eigenvalue weighted by Crippen LogP contribution is 2.32. The van der Waals surface area contributed by atoms with E-state index < -0.39 is 0 Å². The Labute approximate surface area is 106 Å². The van der Waals surface area contributed by atoms with Gasteiger partial charge in [-0.05, 0) is 24.6 Å². The number of ether oxygens (including phenoxy) is 3. The van der Waals surface area contributed by atoms with E-state index in [0.29, 0.717) is 13.1 Å². The second-order valence-electron chi connectivity index (χ2n) is 4.03. The molecule has 1 aromatic carbocycles. The Balaban J connectivity index is 2.05. The summed E-state index contributed by atoms with van der Waals surface area (Å²) in [5.41, 5.74) is 1.02. The predicted molar refractivity (Wildman–Crippen MR) is 65.5 cm³/mol. The van der Waals surface area contributed by atoms with Crippen LogP contribution in [-0.4, -0.2) is 37.9 Å². The van der Waals surface area contributed by atoms with E-state index in [1.807, 2.05) is 25.1 Å². The zero-order valence-corrected chi connectivity index (χ0v) is 10.6. The standard InChI is InChI=1S/C13H17NO4/c1-3-14(13(15)8-16-2)7-10-4-5-11-12(6-10)18-9-17-11/h4-6H,3,7-9H2,1-2H3. The molecule has 1 heterocycles. The largest absolute Gasteiger partial charge is 0.454 e. The number of amides is 1. The van der Waals surface area contributed by atoms with Crippen molar-refractivity contribution in [1.82, 2.24) is 4.90 Å². The van der Waals surface area contributed by atoms with Gasteiger partial charge in [-0.3, -0.25) is 4.79 Å². The van der Waals surface area contributed by atoms with Crippen LogP contribution < -0.4 is 9.47 Å². The molecule has 0 spiro atoms. The number of rotatable bonds is 5. The van der Waals surface area contributed by atoms with E-state index in [4.69, 9.17) is 14.2 Å². The van der Waals surface area contributed by atoms with Gasteiger partial charge in [0.15, 0.2) is 11.5 Å². The summed E-state index contributed by atoms with van der Waals surface area (Å²) in [6, 6.07) is 5.72. The lowest BCUT2D eigenvalue weighted by Gasteiger charge is -2.20. The summed E-state index contributed by atoms with van der Waals surface area (Å²) in [6.45, 7) is 3.52. The van der Waals surface area contributed by atoms with E-state index in [0.717, 1.165) is 17.1 Å². The van der Waals surface area contributed by atoms with Gasteiger partial charge in [-0.2, -0.15) is 0 Å². The maximum Gasteiger partial charge on any atom is 0.248 e. The zero-order chi connectivity index (χ0) is 13.0. The summed E-state index contributed by atoms with van der Waals surface area (Å²) in [6.07, 6.45) is 0. The Bertz CT molecular complexity index is 433. The van der Waals surface area contributed by atoms with Crippen LogP contribution in [0.4, 0.5) is 0 Å². The first kappa shape index (κ1) is 12.7. The highest BCUT2D eigenvalue weighted by molar-refractivity contribution is 5.77. The first-order valence-corrected chi connectivity index (χ1v) is 5.89. The van der Waals surface area contributed by atoms with Crippen LogP contribution in [0.1, 0.15) is 12.5 Å². The smallest absolute Gasteiger partial charge is 0.248 e. The van der Waals surface area contributed by atoms with Crippen molar-refractivity contribution in [3.63, 3.8) is 0 Å². The number of fused-ring (bicyclic) bond motifs is 1. The minimum Gasteiger partial charge on any atom is -0.454 e. The van der Waals surface area contributed by atoms with E-state index in [1.54, 1.807) is 4.90 Å². The Morgan fingerprint density at radius 1 is 1.39 bits per heavy atom. The van der Waals surface area contributed by atoms with Crippen LogP contribution in [0, 0.1) is 0 Å². The molecule has 1 aliphatic rings. The second-order valence-corrected chi connectivity index (χ2v) is 4.03. The minimum atomic E-state index is -0.0160. The van der Waals surface area contributed by atoms with E-state index in [-0.39, 0.29) is 19.3 Å². The van der Waals surface area contributed by atoms with Crippen molar-refractivity contribution >= 4 is 5.91 Å². The fraction of sp³-hybridized carbons (Fsp3) is 0.462. The zero-order valence-electron chi connectivity index (χ0n) is 10.6. The molecule has 0 radical (unpaired) electrons. The van der Waals surface area contributed by atoms with Gasteiger partial charge < -0.3 is 19.1 Å². The van der Waals surface area contributed by atoms with Gasteiger partial charge in [-0.15, -0.1) is 0 Å². The second kappa shape index (κ2) is 5.73. The van der Waals surface area contributed by atoms with Gasteiger partial charge in [0.25, 0.3) is 0 Å². The van der Waals surface area contributed by atoms with Crippen LogP contribution in [0.3, 0.4) is 0 Å². The van der Waals surface area contributed by atoms with E-state index in [1.165, 1.54) is 7.11 Å². The third kappa shape index (κ3) is 2.73. The highest BCUT2D eigenvalue weighted by Gasteiger charge is 2.16. The van der Waals surface area contributed by atoms with Crippen molar-refractivity contribution in [3.05, 3.63) is 23.8 Å².